The van der Waals surface area contributed by atoms with E-state index in [0.29, 0.717) is 36.8 Å². The largest absolute Gasteiger partial charge is 0.492 e. The van der Waals surface area contributed by atoms with Gasteiger partial charge in [0.15, 0.2) is 0 Å². The van der Waals surface area contributed by atoms with Crippen LogP contribution >= 0.6 is 27.5 Å². The smallest absolute Gasteiger partial charge is 0.223 e. The van der Waals surface area contributed by atoms with Gasteiger partial charge in [-0.05, 0) is 24.6 Å². The van der Waals surface area contributed by atoms with E-state index in [1.165, 1.54) is 0 Å². The Morgan fingerprint density at radius 3 is 3.08 bits per heavy atom. The van der Waals surface area contributed by atoms with E-state index in [1.807, 2.05) is 35.0 Å². The lowest BCUT2D eigenvalue weighted by atomic mass is 10.1. The van der Waals surface area contributed by atoms with Crippen LogP contribution in [0.15, 0.2) is 29.0 Å². The highest BCUT2D eigenvalue weighted by Crippen LogP contribution is 2.27. The lowest BCUT2D eigenvalue weighted by Crippen LogP contribution is -2.36. The van der Waals surface area contributed by atoms with Crippen LogP contribution in [-0.2, 0) is 24.8 Å². The van der Waals surface area contributed by atoms with Gasteiger partial charge < -0.3 is 14.2 Å². The van der Waals surface area contributed by atoms with Gasteiger partial charge in [-0.3, -0.25) is 4.79 Å². The van der Waals surface area contributed by atoms with Crippen molar-refractivity contribution in [1.29, 1.82) is 0 Å². The van der Waals surface area contributed by atoms with Crippen molar-refractivity contribution in [1.82, 2.24) is 14.5 Å². The minimum atomic E-state index is 0.160. The Morgan fingerprint density at radius 1 is 1.46 bits per heavy atom. The second-order valence-corrected chi connectivity index (χ2v) is 7.16. The maximum Gasteiger partial charge on any atom is 0.223 e. The molecule has 0 spiro atoms. The maximum absolute atomic E-state index is 12.4. The molecule has 5 nitrogen and oxygen atoms in total. The SMILES string of the molecule is Cn1cnc2c1CN(C(=O)CCCOc1ccc(Br)cc1Cl)CC2. The molecule has 1 aliphatic rings. The zero-order valence-corrected chi connectivity index (χ0v) is 15.8. The quantitative estimate of drug-likeness (QED) is 0.705. The molecule has 24 heavy (non-hydrogen) atoms. The molecular formula is C17H19BrClN3O2. The van der Waals surface area contributed by atoms with Gasteiger partial charge in [0.2, 0.25) is 5.91 Å². The highest BCUT2D eigenvalue weighted by atomic mass is 79.9. The average molecular weight is 413 g/mol. The van der Waals surface area contributed by atoms with E-state index in [-0.39, 0.29) is 5.91 Å². The van der Waals surface area contributed by atoms with Gasteiger partial charge in [-0.25, -0.2) is 4.98 Å². The van der Waals surface area contributed by atoms with Crippen LogP contribution in [0.2, 0.25) is 5.02 Å². The number of ether oxygens (including phenoxy) is 1. The number of fused-ring (bicyclic) bond motifs is 1. The van der Waals surface area contributed by atoms with Crippen molar-refractivity contribution in [2.24, 2.45) is 7.05 Å². The number of aromatic nitrogens is 2. The fraction of sp³-hybridized carbons (Fsp3) is 0.412. The van der Waals surface area contributed by atoms with Gasteiger partial charge in [-0.1, -0.05) is 27.5 Å². The summed E-state index contributed by atoms with van der Waals surface area (Å²) in [7, 11) is 1.97. The number of rotatable bonds is 5. The standard InChI is InChI=1S/C17H19BrClN3O2/c1-21-11-20-14-6-7-22(10-15(14)21)17(23)3-2-8-24-16-5-4-12(18)9-13(16)19/h4-5,9,11H,2-3,6-8,10H2,1H3. The van der Waals surface area contributed by atoms with E-state index < -0.39 is 0 Å². The number of hydrogen-bond donors (Lipinski definition) is 0. The van der Waals surface area contributed by atoms with Crippen LogP contribution < -0.4 is 4.74 Å². The summed E-state index contributed by atoms with van der Waals surface area (Å²) in [6.07, 6.45) is 3.78. The van der Waals surface area contributed by atoms with Gasteiger partial charge in [0.1, 0.15) is 5.75 Å². The number of halogens is 2. The summed E-state index contributed by atoms with van der Waals surface area (Å²) in [5.41, 5.74) is 2.24. The molecule has 0 N–H and O–H groups in total. The van der Waals surface area contributed by atoms with Crippen LogP contribution in [0.25, 0.3) is 0 Å². The predicted molar refractivity (Wildman–Crippen MR) is 96.2 cm³/mol. The molecule has 7 heteroatoms. The molecule has 0 saturated carbocycles. The van der Waals surface area contributed by atoms with Crippen LogP contribution in [0.3, 0.4) is 0 Å². The Hall–Kier alpha value is -1.53. The molecule has 1 aromatic heterocycles. The van der Waals surface area contributed by atoms with E-state index in [1.54, 1.807) is 6.07 Å². The van der Waals surface area contributed by atoms with Crippen molar-refractivity contribution in [3.05, 3.63) is 45.4 Å². The van der Waals surface area contributed by atoms with Crippen LogP contribution in [0.4, 0.5) is 0 Å². The minimum absolute atomic E-state index is 0.160. The van der Waals surface area contributed by atoms with Crippen molar-refractivity contribution in [2.45, 2.75) is 25.8 Å². The first-order valence-corrected chi connectivity index (χ1v) is 9.06. The number of hydrogen-bond acceptors (Lipinski definition) is 3. The van der Waals surface area contributed by atoms with Crippen molar-refractivity contribution in [2.75, 3.05) is 13.2 Å². The third-order valence-corrected chi connectivity index (χ3v) is 4.93. The molecule has 0 fully saturated rings. The molecule has 2 heterocycles. The second-order valence-electron chi connectivity index (χ2n) is 5.84. The fourth-order valence-corrected chi connectivity index (χ4v) is 3.51. The van der Waals surface area contributed by atoms with E-state index in [2.05, 4.69) is 20.9 Å². The molecular weight excluding hydrogens is 394 g/mol. The minimum Gasteiger partial charge on any atom is -0.492 e. The lowest BCUT2D eigenvalue weighted by molar-refractivity contribution is -0.132. The Bertz CT molecular complexity index is 747. The monoisotopic (exact) mass is 411 g/mol. The van der Waals surface area contributed by atoms with E-state index in [4.69, 9.17) is 16.3 Å². The molecule has 128 valence electrons. The zero-order chi connectivity index (χ0) is 17.1. The van der Waals surface area contributed by atoms with Crippen molar-refractivity contribution < 1.29 is 9.53 Å². The molecule has 2 aromatic rings. The van der Waals surface area contributed by atoms with Gasteiger partial charge in [-0.15, -0.1) is 0 Å². The molecule has 0 atom stereocenters. The molecule has 0 saturated heterocycles. The number of aryl methyl sites for hydroxylation is 1. The highest BCUT2D eigenvalue weighted by molar-refractivity contribution is 9.10. The summed E-state index contributed by atoms with van der Waals surface area (Å²) >= 11 is 9.46. The molecule has 1 aliphatic heterocycles. The number of amides is 1. The van der Waals surface area contributed by atoms with Crippen LogP contribution in [-0.4, -0.2) is 33.5 Å². The Morgan fingerprint density at radius 2 is 2.29 bits per heavy atom. The Labute approximate surface area is 154 Å². The first-order chi connectivity index (χ1) is 11.5. The van der Waals surface area contributed by atoms with Crippen LogP contribution in [0, 0.1) is 0 Å². The van der Waals surface area contributed by atoms with Gasteiger partial charge in [0, 0.05) is 30.9 Å². The summed E-state index contributed by atoms with van der Waals surface area (Å²) < 4.78 is 8.56. The van der Waals surface area contributed by atoms with Crippen LogP contribution in [0.1, 0.15) is 24.2 Å². The van der Waals surface area contributed by atoms with Crippen molar-refractivity contribution in [3.8, 4) is 5.75 Å². The summed E-state index contributed by atoms with van der Waals surface area (Å²) in [6, 6.07) is 5.50. The van der Waals surface area contributed by atoms with Gasteiger partial charge >= 0.3 is 0 Å². The molecule has 0 unspecified atom stereocenters. The molecule has 0 bridgehead atoms. The number of nitrogens with zero attached hydrogens (tertiary/aromatic N) is 3. The van der Waals surface area contributed by atoms with Gasteiger partial charge in [0.05, 0.1) is 35.9 Å². The molecule has 3 rings (SSSR count). The normalized spacial score (nSPS) is 13.7. The third kappa shape index (κ3) is 3.92. The predicted octanol–water partition coefficient (Wildman–Crippen LogP) is 3.58. The molecule has 0 radical (unpaired) electrons. The summed E-state index contributed by atoms with van der Waals surface area (Å²) in [5.74, 6) is 0.803. The maximum atomic E-state index is 12.4. The third-order valence-electron chi connectivity index (χ3n) is 4.14. The summed E-state index contributed by atoms with van der Waals surface area (Å²) in [6.45, 7) is 1.85. The van der Waals surface area contributed by atoms with Gasteiger partial charge in [-0.2, -0.15) is 0 Å². The van der Waals surface area contributed by atoms with E-state index >= 15 is 0 Å². The Balaban J connectivity index is 1.45. The van der Waals surface area contributed by atoms with E-state index in [9.17, 15) is 4.79 Å². The van der Waals surface area contributed by atoms with E-state index in [0.717, 1.165) is 28.8 Å². The first kappa shape index (κ1) is 17.3. The highest BCUT2D eigenvalue weighted by Gasteiger charge is 2.23. The zero-order valence-electron chi connectivity index (χ0n) is 13.5. The lowest BCUT2D eigenvalue weighted by Gasteiger charge is -2.27. The summed E-state index contributed by atoms with van der Waals surface area (Å²) in [5, 5.41) is 0.565. The topological polar surface area (TPSA) is 47.4 Å². The van der Waals surface area contributed by atoms with Crippen LogP contribution in [0.5, 0.6) is 5.75 Å². The van der Waals surface area contributed by atoms with Crippen molar-refractivity contribution in [3.63, 3.8) is 0 Å². The Kier molecular flexibility index (Phi) is 5.46. The summed E-state index contributed by atoms with van der Waals surface area (Å²) in [4.78, 5) is 18.6. The molecule has 0 aliphatic carbocycles. The first-order valence-electron chi connectivity index (χ1n) is 7.89. The number of benzene rings is 1. The molecule has 1 amide bonds. The molecule has 1 aromatic carbocycles. The van der Waals surface area contributed by atoms with Crippen molar-refractivity contribution >= 4 is 33.4 Å². The number of carbonyl (C=O) groups is 1. The van der Waals surface area contributed by atoms with Gasteiger partial charge in [0.25, 0.3) is 0 Å². The average Bonchev–Trinajstić information content (AvgIpc) is 2.93. The number of carbonyl (C=O) groups excluding carboxylic acids is 1. The second kappa shape index (κ2) is 7.57. The number of imidazole rings is 1. The fourth-order valence-electron chi connectivity index (χ4n) is 2.79.